The molecule has 0 aromatic rings. The van der Waals surface area contributed by atoms with E-state index in [9.17, 15) is 9.90 Å². The number of rotatable bonds is 7. The molecule has 0 heterocycles. The Bertz CT molecular complexity index is 162. The molecule has 0 saturated carbocycles. The van der Waals surface area contributed by atoms with E-state index in [4.69, 9.17) is 0 Å². The Morgan fingerprint density at radius 3 is 2.00 bits per heavy atom. The van der Waals surface area contributed by atoms with Crippen LogP contribution in [0.15, 0.2) is 0 Å². The molecule has 0 aromatic heterocycles. The van der Waals surface area contributed by atoms with Gasteiger partial charge < -0.3 is 5.11 Å². The predicted octanol–water partition coefficient (Wildman–Crippen LogP) is 2.79. The van der Waals surface area contributed by atoms with Crippen molar-refractivity contribution in [2.75, 3.05) is 0 Å². The quantitative estimate of drug-likeness (QED) is 0.686. The highest BCUT2D eigenvalue weighted by Crippen LogP contribution is 2.17. The maximum atomic E-state index is 11.6. The van der Waals surface area contributed by atoms with Crippen LogP contribution in [0.4, 0.5) is 0 Å². The Labute approximate surface area is 87.7 Å². The van der Waals surface area contributed by atoms with Gasteiger partial charge in [-0.05, 0) is 11.8 Å². The van der Waals surface area contributed by atoms with Gasteiger partial charge >= 0.3 is 0 Å². The zero-order chi connectivity index (χ0) is 11.1. The average Bonchev–Trinajstić information content (AvgIpc) is 2.19. The fourth-order valence-corrected chi connectivity index (χ4v) is 1.61. The van der Waals surface area contributed by atoms with Crippen molar-refractivity contribution in [1.82, 2.24) is 0 Å². The maximum Gasteiger partial charge on any atom is 0.161 e. The number of carbonyl (C=O) groups excluding carboxylic acids is 1. The van der Waals surface area contributed by atoms with Crippen molar-refractivity contribution >= 4 is 5.78 Å². The van der Waals surface area contributed by atoms with Gasteiger partial charge in [-0.1, -0.05) is 47.0 Å². The Kier molecular flexibility index (Phi) is 6.81. The summed E-state index contributed by atoms with van der Waals surface area (Å²) >= 11 is 0. The van der Waals surface area contributed by atoms with Gasteiger partial charge in [-0.15, -0.1) is 0 Å². The summed E-state index contributed by atoms with van der Waals surface area (Å²) in [6.45, 7) is 8.17. The van der Waals surface area contributed by atoms with Crippen LogP contribution >= 0.6 is 0 Å². The molecule has 0 radical (unpaired) electrons. The summed E-state index contributed by atoms with van der Waals surface area (Å²) in [6, 6.07) is 0. The van der Waals surface area contributed by atoms with Crippen LogP contribution in [0.25, 0.3) is 0 Å². The second kappa shape index (κ2) is 6.99. The van der Waals surface area contributed by atoms with E-state index < -0.39 is 6.10 Å². The zero-order valence-electron chi connectivity index (χ0n) is 9.92. The molecule has 1 N–H and O–H groups in total. The second-order valence-corrected chi connectivity index (χ2v) is 4.21. The van der Waals surface area contributed by atoms with E-state index in [2.05, 4.69) is 13.8 Å². The molecule has 0 aliphatic carbocycles. The number of ketones is 1. The molecule has 0 spiro atoms. The van der Waals surface area contributed by atoms with Gasteiger partial charge in [-0.25, -0.2) is 0 Å². The van der Waals surface area contributed by atoms with Gasteiger partial charge in [0.05, 0.1) is 0 Å². The number of carbonyl (C=O) groups is 1. The Hall–Kier alpha value is -0.370. The third kappa shape index (κ3) is 4.23. The fourth-order valence-electron chi connectivity index (χ4n) is 1.61. The van der Waals surface area contributed by atoms with Gasteiger partial charge in [-0.2, -0.15) is 0 Å². The highest BCUT2D eigenvalue weighted by Gasteiger charge is 2.23. The van der Waals surface area contributed by atoms with Crippen LogP contribution in [0, 0.1) is 11.8 Å². The summed E-state index contributed by atoms with van der Waals surface area (Å²) in [5.74, 6) is 0.561. The third-order valence-corrected chi connectivity index (χ3v) is 3.07. The predicted molar refractivity (Wildman–Crippen MR) is 59.2 cm³/mol. The van der Waals surface area contributed by atoms with Crippen molar-refractivity contribution in [2.24, 2.45) is 11.8 Å². The molecule has 2 heteroatoms. The van der Waals surface area contributed by atoms with Crippen LogP contribution in [-0.2, 0) is 4.79 Å². The van der Waals surface area contributed by atoms with Crippen LogP contribution in [-0.4, -0.2) is 17.0 Å². The molecule has 14 heavy (non-hydrogen) atoms. The Balaban J connectivity index is 4.09. The van der Waals surface area contributed by atoms with E-state index in [0.717, 1.165) is 19.3 Å². The van der Waals surface area contributed by atoms with Crippen LogP contribution in [0.1, 0.15) is 53.4 Å². The van der Waals surface area contributed by atoms with Gasteiger partial charge in [0.2, 0.25) is 0 Å². The van der Waals surface area contributed by atoms with E-state index in [1.54, 1.807) is 0 Å². The molecular weight excluding hydrogens is 176 g/mol. The fraction of sp³-hybridized carbons (Fsp3) is 0.917. The number of hydrogen-bond donors (Lipinski definition) is 1. The standard InChI is InChI=1S/C12H24O2/c1-5-9(4)8-11(13)12(14)10(6-2)7-3/h9-10,12,14H,5-8H2,1-4H3. The minimum absolute atomic E-state index is 0.0213. The van der Waals surface area contributed by atoms with E-state index >= 15 is 0 Å². The molecule has 0 aromatic carbocycles. The van der Waals surface area contributed by atoms with Gasteiger partial charge in [0, 0.05) is 6.42 Å². The number of Topliss-reactive ketones (excluding diaryl/α,β-unsaturated/α-hetero) is 1. The Morgan fingerprint density at radius 1 is 1.14 bits per heavy atom. The lowest BCUT2D eigenvalue weighted by Crippen LogP contribution is -2.30. The smallest absolute Gasteiger partial charge is 0.161 e. The first-order chi connectivity index (χ1) is 6.56. The van der Waals surface area contributed by atoms with Crippen molar-refractivity contribution in [3.8, 4) is 0 Å². The first-order valence-electron chi connectivity index (χ1n) is 5.77. The van der Waals surface area contributed by atoms with Crippen molar-refractivity contribution in [1.29, 1.82) is 0 Å². The maximum absolute atomic E-state index is 11.6. The molecule has 0 rings (SSSR count). The van der Waals surface area contributed by atoms with Gasteiger partial charge in [0.15, 0.2) is 5.78 Å². The normalized spacial score (nSPS) is 15.6. The molecule has 0 saturated heterocycles. The summed E-state index contributed by atoms with van der Waals surface area (Å²) in [5.41, 5.74) is 0. The number of aliphatic hydroxyl groups is 1. The number of hydrogen-bond acceptors (Lipinski definition) is 2. The van der Waals surface area contributed by atoms with Crippen molar-refractivity contribution in [3.05, 3.63) is 0 Å². The van der Waals surface area contributed by atoms with Crippen molar-refractivity contribution in [3.63, 3.8) is 0 Å². The minimum Gasteiger partial charge on any atom is -0.385 e. The van der Waals surface area contributed by atoms with E-state index in [1.165, 1.54) is 0 Å². The van der Waals surface area contributed by atoms with Gasteiger partial charge in [-0.3, -0.25) is 4.79 Å². The molecular formula is C12H24O2. The minimum atomic E-state index is -0.737. The van der Waals surface area contributed by atoms with Crippen LogP contribution < -0.4 is 0 Å². The lowest BCUT2D eigenvalue weighted by molar-refractivity contribution is -0.130. The summed E-state index contributed by atoms with van der Waals surface area (Å²) in [5, 5.41) is 9.77. The molecule has 84 valence electrons. The summed E-state index contributed by atoms with van der Waals surface area (Å²) in [7, 11) is 0. The zero-order valence-corrected chi connectivity index (χ0v) is 9.92. The summed E-state index contributed by atoms with van der Waals surface area (Å²) < 4.78 is 0. The van der Waals surface area contributed by atoms with Crippen LogP contribution in [0.5, 0.6) is 0 Å². The van der Waals surface area contributed by atoms with E-state index in [0.29, 0.717) is 12.3 Å². The summed E-state index contributed by atoms with van der Waals surface area (Å²) in [6.07, 6.45) is 2.54. The highest BCUT2D eigenvalue weighted by molar-refractivity contribution is 5.83. The SMILES string of the molecule is CCC(C)CC(=O)C(O)C(CC)CC. The van der Waals surface area contributed by atoms with Crippen molar-refractivity contribution in [2.45, 2.75) is 59.5 Å². The second-order valence-electron chi connectivity index (χ2n) is 4.21. The lowest BCUT2D eigenvalue weighted by Gasteiger charge is -2.20. The highest BCUT2D eigenvalue weighted by atomic mass is 16.3. The molecule has 2 atom stereocenters. The average molecular weight is 200 g/mol. The van der Waals surface area contributed by atoms with Crippen molar-refractivity contribution < 1.29 is 9.90 Å². The topological polar surface area (TPSA) is 37.3 Å². The lowest BCUT2D eigenvalue weighted by atomic mass is 9.89. The van der Waals surface area contributed by atoms with Crippen LogP contribution in [0.2, 0.25) is 0 Å². The largest absolute Gasteiger partial charge is 0.385 e. The Morgan fingerprint density at radius 2 is 1.64 bits per heavy atom. The first kappa shape index (κ1) is 13.6. The molecule has 0 aliphatic heterocycles. The molecule has 0 bridgehead atoms. The van der Waals surface area contributed by atoms with E-state index in [-0.39, 0.29) is 11.7 Å². The molecule has 0 fully saturated rings. The number of aliphatic hydroxyl groups excluding tert-OH is 1. The third-order valence-electron chi connectivity index (χ3n) is 3.07. The van der Waals surface area contributed by atoms with Crippen LogP contribution in [0.3, 0.4) is 0 Å². The monoisotopic (exact) mass is 200 g/mol. The summed E-state index contributed by atoms with van der Waals surface area (Å²) in [4.78, 5) is 11.6. The van der Waals surface area contributed by atoms with Gasteiger partial charge in [0.25, 0.3) is 0 Å². The molecule has 0 amide bonds. The van der Waals surface area contributed by atoms with Gasteiger partial charge in [0.1, 0.15) is 6.10 Å². The van der Waals surface area contributed by atoms with E-state index in [1.807, 2.05) is 13.8 Å². The molecule has 0 aliphatic rings. The first-order valence-corrected chi connectivity index (χ1v) is 5.77. The molecule has 2 unspecified atom stereocenters. The molecule has 2 nitrogen and oxygen atoms in total.